The quantitative estimate of drug-likeness (QED) is 0.445. The third kappa shape index (κ3) is 5.83. The number of rotatable bonds is 4. The molecule has 0 radical (unpaired) electrons. The maximum Gasteiger partial charge on any atom is 0.133 e. The van der Waals surface area contributed by atoms with Crippen LogP contribution >= 0.6 is 54.6 Å². The first-order valence-corrected chi connectivity index (χ1v) is 12.6. The van der Waals surface area contributed by atoms with Crippen molar-refractivity contribution in [2.45, 2.75) is 62.2 Å². The summed E-state index contributed by atoms with van der Waals surface area (Å²) in [4.78, 5) is 1.39. The lowest BCUT2D eigenvalue weighted by Gasteiger charge is -2.22. The fourth-order valence-electron chi connectivity index (χ4n) is 2.51. The highest BCUT2D eigenvalue weighted by atomic mass is 35.5. The molecule has 0 saturated heterocycles. The Hall–Kier alpha value is -0.330. The van der Waals surface area contributed by atoms with E-state index in [1.165, 1.54) is 31.4 Å². The summed E-state index contributed by atoms with van der Waals surface area (Å²) in [5.41, 5.74) is 1.19. The predicted octanol–water partition coefficient (Wildman–Crippen LogP) is 8.45. The van der Waals surface area contributed by atoms with Crippen molar-refractivity contribution in [3.63, 3.8) is 0 Å². The van der Waals surface area contributed by atoms with Gasteiger partial charge in [0.1, 0.15) is 11.5 Å². The summed E-state index contributed by atoms with van der Waals surface area (Å²) in [6.07, 6.45) is 0. The van der Waals surface area contributed by atoms with Gasteiger partial charge in [-0.1, -0.05) is 64.7 Å². The lowest BCUT2D eigenvalue weighted by molar-refractivity contribution is 0.434. The van der Waals surface area contributed by atoms with E-state index in [4.69, 9.17) is 23.2 Å². The highest BCUT2D eigenvalue weighted by Crippen LogP contribution is 2.52. The summed E-state index contributed by atoms with van der Waals surface area (Å²) >= 11 is 12.5. The molecule has 0 atom stereocenters. The first-order chi connectivity index (χ1) is 12.3. The monoisotopic (exact) mass is 462 g/mol. The van der Waals surface area contributed by atoms with Crippen LogP contribution in [0.15, 0.2) is 34.1 Å². The minimum Gasteiger partial charge on any atom is -0.506 e. The van der Waals surface area contributed by atoms with E-state index in [0.717, 1.165) is 11.1 Å². The maximum atomic E-state index is 10.6. The standard InChI is InChI=1S/C20H24Cl2O2S3/c1-19(2,3)13-7-11(21)9-15(17(13)23)25-27-26-16-10-12(22)8-14(18(16)24)20(4,5)6/h7-10,23-24H,1-6H3. The zero-order chi connectivity index (χ0) is 20.6. The molecule has 0 heterocycles. The summed E-state index contributed by atoms with van der Waals surface area (Å²) < 4.78 is 0. The van der Waals surface area contributed by atoms with Gasteiger partial charge in [0.25, 0.3) is 0 Å². The van der Waals surface area contributed by atoms with E-state index in [0.29, 0.717) is 19.8 Å². The lowest BCUT2D eigenvalue weighted by Crippen LogP contribution is -2.11. The fraction of sp³-hybridized carbons (Fsp3) is 0.400. The number of phenolic OH excluding ortho intramolecular Hbond substituents is 2. The second-order valence-electron chi connectivity index (χ2n) is 8.33. The molecule has 0 unspecified atom stereocenters. The van der Waals surface area contributed by atoms with E-state index in [1.807, 2.05) is 41.5 Å². The third-order valence-electron chi connectivity index (χ3n) is 3.94. The van der Waals surface area contributed by atoms with Gasteiger partial charge in [-0.15, -0.1) is 0 Å². The molecule has 0 fully saturated rings. The molecule has 0 spiro atoms. The van der Waals surface area contributed by atoms with Crippen LogP contribution in [0.2, 0.25) is 10.0 Å². The molecule has 2 aromatic carbocycles. The van der Waals surface area contributed by atoms with Gasteiger partial charge < -0.3 is 10.2 Å². The van der Waals surface area contributed by atoms with Crippen LogP contribution in [0.4, 0.5) is 0 Å². The Morgan fingerprint density at radius 2 is 1.00 bits per heavy atom. The molecule has 0 aliphatic carbocycles. The summed E-state index contributed by atoms with van der Waals surface area (Å²) in [6, 6.07) is 7.11. The number of aromatic hydroxyl groups is 2. The Kier molecular flexibility index (Phi) is 7.29. The second-order valence-corrected chi connectivity index (χ2v) is 13.2. The van der Waals surface area contributed by atoms with Crippen LogP contribution in [0.5, 0.6) is 11.5 Å². The highest BCUT2D eigenvalue weighted by Gasteiger charge is 2.23. The van der Waals surface area contributed by atoms with Crippen LogP contribution in [0.3, 0.4) is 0 Å². The van der Waals surface area contributed by atoms with E-state index >= 15 is 0 Å². The number of benzene rings is 2. The molecule has 0 saturated carbocycles. The van der Waals surface area contributed by atoms with Gasteiger partial charge in [0.05, 0.1) is 9.79 Å². The molecule has 2 aromatic rings. The molecule has 0 aliphatic heterocycles. The average Bonchev–Trinajstić information content (AvgIpc) is 2.51. The third-order valence-corrected chi connectivity index (χ3v) is 8.21. The SMILES string of the molecule is CC(C)(C)c1cc(Cl)cc(SSSc2cc(Cl)cc(C(C)(C)C)c2O)c1O. The molecule has 27 heavy (non-hydrogen) atoms. The van der Waals surface area contributed by atoms with Crippen molar-refractivity contribution < 1.29 is 10.2 Å². The van der Waals surface area contributed by atoms with Gasteiger partial charge in [0, 0.05) is 21.2 Å². The van der Waals surface area contributed by atoms with Gasteiger partial charge in [0.15, 0.2) is 0 Å². The first-order valence-electron chi connectivity index (χ1n) is 8.38. The molecule has 2 rings (SSSR count). The Balaban J connectivity index is 2.23. The summed E-state index contributed by atoms with van der Waals surface area (Å²) in [5.74, 6) is 0.492. The van der Waals surface area contributed by atoms with Crippen LogP contribution in [0.25, 0.3) is 0 Å². The largest absolute Gasteiger partial charge is 0.506 e. The Labute approximate surface area is 183 Å². The molecule has 0 aliphatic rings. The smallest absolute Gasteiger partial charge is 0.133 e. The molecule has 7 heteroatoms. The topological polar surface area (TPSA) is 40.5 Å². The van der Waals surface area contributed by atoms with Crippen LogP contribution in [-0.4, -0.2) is 10.2 Å². The van der Waals surface area contributed by atoms with Gasteiger partial charge in [-0.25, -0.2) is 0 Å². The first kappa shape index (κ1) is 23.0. The zero-order valence-corrected chi connectivity index (χ0v) is 20.1. The van der Waals surface area contributed by atoms with Crippen molar-refractivity contribution >= 4 is 54.6 Å². The highest BCUT2D eigenvalue weighted by molar-refractivity contribution is 9.09. The minimum absolute atomic E-state index is 0.213. The zero-order valence-electron chi connectivity index (χ0n) is 16.2. The van der Waals surface area contributed by atoms with Gasteiger partial charge in [-0.2, -0.15) is 0 Å². The van der Waals surface area contributed by atoms with Crippen LogP contribution in [0, 0.1) is 0 Å². The van der Waals surface area contributed by atoms with E-state index in [9.17, 15) is 10.2 Å². The lowest BCUT2D eigenvalue weighted by atomic mass is 9.86. The van der Waals surface area contributed by atoms with Gasteiger partial charge >= 0.3 is 0 Å². The number of hydrogen-bond donors (Lipinski definition) is 2. The van der Waals surface area contributed by atoms with Crippen molar-refractivity contribution in [1.29, 1.82) is 0 Å². The van der Waals surface area contributed by atoms with Gasteiger partial charge in [-0.3, -0.25) is 0 Å². The molecule has 2 nitrogen and oxygen atoms in total. The Bertz CT molecular complexity index is 771. The number of phenols is 2. The maximum absolute atomic E-state index is 10.6. The van der Waals surface area contributed by atoms with Crippen LogP contribution < -0.4 is 0 Å². The number of hydrogen-bond acceptors (Lipinski definition) is 5. The van der Waals surface area contributed by atoms with Crippen molar-refractivity contribution in [2.24, 2.45) is 0 Å². The van der Waals surface area contributed by atoms with Crippen LogP contribution in [-0.2, 0) is 10.8 Å². The molecular weight excluding hydrogens is 439 g/mol. The van der Waals surface area contributed by atoms with Crippen LogP contribution in [0.1, 0.15) is 52.7 Å². The van der Waals surface area contributed by atoms with Crippen molar-refractivity contribution in [1.82, 2.24) is 0 Å². The Morgan fingerprint density at radius 1 is 0.667 bits per heavy atom. The van der Waals surface area contributed by atoms with E-state index in [1.54, 1.807) is 24.3 Å². The molecule has 2 N–H and O–H groups in total. The summed E-state index contributed by atoms with van der Waals surface area (Å²) in [7, 11) is 4.25. The predicted molar refractivity (Wildman–Crippen MR) is 123 cm³/mol. The fourth-order valence-corrected chi connectivity index (χ4v) is 6.91. The minimum atomic E-state index is -0.213. The summed E-state index contributed by atoms with van der Waals surface area (Å²) in [6.45, 7) is 12.2. The number of halogens is 2. The molecule has 0 bridgehead atoms. The molecule has 148 valence electrons. The molecule has 0 amide bonds. The van der Waals surface area contributed by atoms with E-state index < -0.39 is 0 Å². The normalized spacial score (nSPS) is 12.4. The van der Waals surface area contributed by atoms with Crippen molar-refractivity contribution in [3.05, 3.63) is 45.4 Å². The van der Waals surface area contributed by atoms with Gasteiger partial charge in [0.2, 0.25) is 0 Å². The second kappa shape index (κ2) is 8.58. The Morgan fingerprint density at radius 3 is 1.30 bits per heavy atom. The van der Waals surface area contributed by atoms with E-state index in [2.05, 4.69) is 0 Å². The average molecular weight is 464 g/mol. The van der Waals surface area contributed by atoms with Crippen molar-refractivity contribution in [2.75, 3.05) is 0 Å². The summed E-state index contributed by atoms with van der Waals surface area (Å²) in [5, 5.41) is 22.4. The van der Waals surface area contributed by atoms with Gasteiger partial charge in [-0.05, 0) is 66.5 Å². The molecular formula is C20H24Cl2O2S3. The molecule has 0 aromatic heterocycles. The van der Waals surface area contributed by atoms with Crippen molar-refractivity contribution in [3.8, 4) is 11.5 Å². The van der Waals surface area contributed by atoms with E-state index in [-0.39, 0.29) is 22.3 Å².